The summed E-state index contributed by atoms with van der Waals surface area (Å²) in [7, 11) is -2.27. The number of amides is 1. The summed E-state index contributed by atoms with van der Waals surface area (Å²) in [5, 5.41) is 1.63. The van der Waals surface area contributed by atoms with E-state index in [1.54, 1.807) is 35.7 Å². The van der Waals surface area contributed by atoms with Gasteiger partial charge < -0.3 is 9.47 Å². The number of benzene rings is 1. The predicted octanol–water partition coefficient (Wildman–Crippen LogP) is 1.15. The zero-order chi connectivity index (χ0) is 16.0. The van der Waals surface area contributed by atoms with Crippen molar-refractivity contribution < 1.29 is 22.7 Å². The molecule has 0 saturated carbocycles. The number of carbonyl (C=O) groups excluding carboxylic acids is 1. The number of carbonyl (C=O) groups is 1. The molecule has 0 aliphatic carbocycles. The van der Waals surface area contributed by atoms with Gasteiger partial charge in [-0.1, -0.05) is 18.2 Å². The van der Waals surface area contributed by atoms with Gasteiger partial charge in [0.1, 0.15) is 4.21 Å². The van der Waals surface area contributed by atoms with E-state index in [1.165, 1.54) is 13.2 Å². The maximum absolute atomic E-state index is 11.8. The van der Waals surface area contributed by atoms with Crippen LogP contribution in [-0.4, -0.2) is 28.0 Å². The number of hydrazine groups is 1. The van der Waals surface area contributed by atoms with Crippen LogP contribution in [0.2, 0.25) is 0 Å². The minimum Gasteiger partial charge on any atom is -0.493 e. The summed E-state index contributed by atoms with van der Waals surface area (Å²) in [5.41, 5.74) is 2.08. The summed E-state index contributed by atoms with van der Waals surface area (Å²) in [4.78, 5) is 13.6. The number of methoxy groups -OCH3 is 1. The molecule has 0 unspecified atom stereocenters. The first-order valence-electron chi connectivity index (χ1n) is 6.13. The van der Waals surface area contributed by atoms with Crippen molar-refractivity contribution in [3.63, 3.8) is 0 Å². The Morgan fingerprint density at radius 2 is 1.91 bits per heavy atom. The van der Waals surface area contributed by atoms with Crippen LogP contribution in [-0.2, 0) is 14.8 Å². The van der Waals surface area contributed by atoms with Gasteiger partial charge in [-0.25, -0.2) is 8.42 Å². The molecule has 1 heterocycles. The van der Waals surface area contributed by atoms with E-state index in [4.69, 9.17) is 9.47 Å². The summed E-state index contributed by atoms with van der Waals surface area (Å²) in [6.07, 6.45) is 0. The quantitative estimate of drug-likeness (QED) is 0.736. The largest absolute Gasteiger partial charge is 0.493 e. The lowest BCUT2D eigenvalue weighted by molar-refractivity contribution is -0.123. The summed E-state index contributed by atoms with van der Waals surface area (Å²) < 4.78 is 34.1. The van der Waals surface area contributed by atoms with Gasteiger partial charge in [0.2, 0.25) is 0 Å². The molecule has 9 heteroatoms. The maximum Gasteiger partial charge on any atom is 0.272 e. The summed E-state index contributed by atoms with van der Waals surface area (Å²) in [6.45, 7) is -0.354. The van der Waals surface area contributed by atoms with Crippen LogP contribution in [0.5, 0.6) is 11.5 Å². The van der Waals surface area contributed by atoms with E-state index in [9.17, 15) is 13.2 Å². The number of sulfonamides is 1. The molecule has 1 amide bonds. The molecule has 0 saturated heterocycles. The molecule has 0 atom stereocenters. The fraction of sp³-hybridized carbons (Fsp3) is 0.154. The second-order valence-electron chi connectivity index (χ2n) is 4.03. The van der Waals surface area contributed by atoms with Crippen LogP contribution in [0.25, 0.3) is 0 Å². The minimum atomic E-state index is -3.75. The van der Waals surface area contributed by atoms with Gasteiger partial charge in [-0.05, 0) is 23.6 Å². The van der Waals surface area contributed by atoms with Gasteiger partial charge >= 0.3 is 0 Å². The van der Waals surface area contributed by atoms with Gasteiger partial charge in [-0.3, -0.25) is 10.2 Å². The van der Waals surface area contributed by atoms with Gasteiger partial charge in [-0.15, -0.1) is 16.2 Å². The van der Waals surface area contributed by atoms with Crippen LogP contribution in [0.4, 0.5) is 0 Å². The Morgan fingerprint density at radius 1 is 1.18 bits per heavy atom. The standard InChI is InChI=1S/C13H14N2O5S2/c1-19-10-5-2-3-6-11(10)20-9-12(16)14-15-22(17,18)13-7-4-8-21-13/h2-8,15H,9H2,1H3,(H,14,16). The number of nitrogens with one attached hydrogen (secondary N) is 2. The third kappa shape index (κ3) is 4.20. The van der Waals surface area contributed by atoms with Crippen LogP contribution in [0.3, 0.4) is 0 Å². The lowest BCUT2D eigenvalue weighted by Crippen LogP contribution is -2.43. The van der Waals surface area contributed by atoms with E-state index >= 15 is 0 Å². The minimum absolute atomic E-state index is 0.110. The molecule has 2 N–H and O–H groups in total. The van der Waals surface area contributed by atoms with Gasteiger partial charge in [0, 0.05) is 0 Å². The van der Waals surface area contributed by atoms with Crippen molar-refractivity contribution in [2.45, 2.75) is 4.21 Å². The fourth-order valence-corrected chi connectivity index (χ4v) is 3.36. The molecule has 118 valence electrons. The molecule has 2 rings (SSSR count). The maximum atomic E-state index is 11.8. The molecule has 1 aromatic heterocycles. The summed E-state index contributed by atoms with van der Waals surface area (Å²) >= 11 is 1.05. The number of thiophene rings is 1. The van der Waals surface area contributed by atoms with Crippen LogP contribution < -0.4 is 19.7 Å². The molecule has 0 aliphatic heterocycles. The number of ether oxygens (including phenoxy) is 2. The highest BCUT2D eigenvalue weighted by atomic mass is 32.2. The lowest BCUT2D eigenvalue weighted by Gasteiger charge is -2.10. The number of para-hydroxylation sites is 2. The molecule has 0 spiro atoms. The van der Waals surface area contributed by atoms with Crippen molar-refractivity contribution in [1.82, 2.24) is 10.3 Å². The average Bonchev–Trinajstić information content (AvgIpc) is 3.06. The van der Waals surface area contributed by atoms with Crippen molar-refractivity contribution >= 4 is 27.3 Å². The topological polar surface area (TPSA) is 93.7 Å². The molecule has 2 aromatic rings. The van der Waals surface area contributed by atoms with Crippen LogP contribution in [0.1, 0.15) is 0 Å². The molecule has 0 fully saturated rings. The van der Waals surface area contributed by atoms with E-state index in [2.05, 4.69) is 5.43 Å². The van der Waals surface area contributed by atoms with E-state index < -0.39 is 15.9 Å². The molecule has 7 nitrogen and oxygen atoms in total. The van der Waals surface area contributed by atoms with Crippen molar-refractivity contribution in [2.75, 3.05) is 13.7 Å². The fourth-order valence-electron chi connectivity index (χ4n) is 1.51. The molecule has 0 radical (unpaired) electrons. The number of hydrogen-bond acceptors (Lipinski definition) is 6. The van der Waals surface area contributed by atoms with E-state index in [0.717, 1.165) is 11.3 Å². The smallest absolute Gasteiger partial charge is 0.272 e. The zero-order valence-electron chi connectivity index (χ0n) is 11.6. The Hall–Kier alpha value is -2.10. The second-order valence-corrected chi connectivity index (χ2v) is 6.88. The van der Waals surface area contributed by atoms with E-state index in [1.807, 2.05) is 4.83 Å². The van der Waals surface area contributed by atoms with Crippen LogP contribution in [0.15, 0.2) is 46.0 Å². The highest BCUT2D eigenvalue weighted by Gasteiger charge is 2.16. The Morgan fingerprint density at radius 3 is 2.55 bits per heavy atom. The van der Waals surface area contributed by atoms with Gasteiger partial charge in [0.05, 0.1) is 7.11 Å². The third-order valence-corrected chi connectivity index (χ3v) is 5.16. The van der Waals surface area contributed by atoms with Crippen molar-refractivity contribution in [3.8, 4) is 11.5 Å². The lowest BCUT2D eigenvalue weighted by atomic mass is 10.3. The van der Waals surface area contributed by atoms with E-state index in [-0.39, 0.29) is 10.8 Å². The molecule has 0 aliphatic rings. The Bertz CT molecular complexity index is 729. The molecule has 0 bridgehead atoms. The SMILES string of the molecule is COc1ccccc1OCC(=O)NNS(=O)(=O)c1cccs1. The summed E-state index contributed by atoms with van der Waals surface area (Å²) in [6, 6.07) is 9.86. The Kier molecular flexibility index (Phi) is 5.36. The van der Waals surface area contributed by atoms with Crippen LogP contribution >= 0.6 is 11.3 Å². The first-order chi connectivity index (χ1) is 10.5. The third-order valence-electron chi connectivity index (χ3n) is 2.51. The summed E-state index contributed by atoms with van der Waals surface area (Å²) in [5.74, 6) is 0.238. The van der Waals surface area contributed by atoms with E-state index in [0.29, 0.717) is 11.5 Å². The molecule has 1 aromatic carbocycles. The first kappa shape index (κ1) is 16.3. The normalized spacial score (nSPS) is 11.0. The van der Waals surface area contributed by atoms with Crippen molar-refractivity contribution in [1.29, 1.82) is 0 Å². The zero-order valence-corrected chi connectivity index (χ0v) is 13.2. The predicted molar refractivity (Wildman–Crippen MR) is 81.3 cm³/mol. The molecule has 22 heavy (non-hydrogen) atoms. The average molecular weight is 342 g/mol. The van der Waals surface area contributed by atoms with Gasteiger partial charge in [0.25, 0.3) is 15.9 Å². The monoisotopic (exact) mass is 342 g/mol. The molecular formula is C13H14N2O5S2. The highest BCUT2D eigenvalue weighted by Crippen LogP contribution is 2.25. The Labute approximate surface area is 131 Å². The first-order valence-corrected chi connectivity index (χ1v) is 8.49. The number of rotatable bonds is 7. The number of hydrogen-bond donors (Lipinski definition) is 2. The van der Waals surface area contributed by atoms with Crippen molar-refractivity contribution in [2.24, 2.45) is 0 Å². The van der Waals surface area contributed by atoms with Crippen LogP contribution in [0, 0.1) is 0 Å². The second kappa shape index (κ2) is 7.25. The highest BCUT2D eigenvalue weighted by molar-refractivity contribution is 7.91. The van der Waals surface area contributed by atoms with Gasteiger partial charge in [0.15, 0.2) is 18.1 Å². The van der Waals surface area contributed by atoms with Crippen molar-refractivity contribution in [3.05, 3.63) is 41.8 Å². The van der Waals surface area contributed by atoms with Gasteiger partial charge in [-0.2, -0.15) is 0 Å². The Balaban J connectivity index is 1.86. The molecular weight excluding hydrogens is 328 g/mol.